The van der Waals surface area contributed by atoms with Crippen LogP contribution in [0.3, 0.4) is 0 Å². The summed E-state index contributed by atoms with van der Waals surface area (Å²) in [5.74, 6) is -2.29. The standard InChI is InChI=1S/C10H12N2O5/c1-2-11-8(13)4-12-9(14)7-3-6(5-17-7)10(15)16/h3,5H,2,4H2,1H3,(H,11,13)(H,12,14)(H,15,16). The van der Waals surface area contributed by atoms with Gasteiger partial charge in [0.1, 0.15) is 6.26 Å². The minimum Gasteiger partial charge on any atom is -0.478 e. The fraction of sp³-hybridized carbons (Fsp3) is 0.300. The summed E-state index contributed by atoms with van der Waals surface area (Å²) in [6.45, 7) is 2.04. The lowest BCUT2D eigenvalue weighted by Crippen LogP contribution is -2.36. The number of likely N-dealkylation sites (N-methyl/N-ethyl adjacent to an activating group) is 1. The van der Waals surface area contributed by atoms with Crippen LogP contribution < -0.4 is 10.6 Å². The third kappa shape index (κ3) is 3.63. The predicted octanol–water partition coefficient (Wildman–Crippen LogP) is -0.156. The van der Waals surface area contributed by atoms with Gasteiger partial charge in [0, 0.05) is 12.6 Å². The fourth-order valence-electron chi connectivity index (χ4n) is 1.07. The molecule has 7 heteroatoms. The summed E-state index contributed by atoms with van der Waals surface area (Å²) in [7, 11) is 0. The summed E-state index contributed by atoms with van der Waals surface area (Å²) in [6.07, 6.45) is 0.962. The number of furan rings is 1. The van der Waals surface area contributed by atoms with Crippen molar-refractivity contribution in [2.24, 2.45) is 0 Å². The molecular weight excluding hydrogens is 228 g/mol. The van der Waals surface area contributed by atoms with Crippen molar-refractivity contribution in [3.8, 4) is 0 Å². The van der Waals surface area contributed by atoms with Gasteiger partial charge < -0.3 is 20.2 Å². The number of hydrogen-bond donors (Lipinski definition) is 3. The van der Waals surface area contributed by atoms with E-state index in [1.54, 1.807) is 6.92 Å². The van der Waals surface area contributed by atoms with Crippen molar-refractivity contribution < 1.29 is 23.9 Å². The highest BCUT2D eigenvalue weighted by Gasteiger charge is 2.14. The van der Waals surface area contributed by atoms with E-state index in [1.807, 2.05) is 0 Å². The molecule has 1 aromatic rings. The average molecular weight is 240 g/mol. The van der Waals surface area contributed by atoms with Crippen LogP contribution in [0.25, 0.3) is 0 Å². The number of carboxylic acids is 1. The van der Waals surface area contributed by atoms with E-state index in [2.05, 4.69) is 10.6 Å². The van der Waals surface area contributed by atoms with Crippen LogP contribution in [0.1, 0.15) is 27.8 Å². The minimum absolute atomic E-state index is 0.117. The maximum atomic E-state index is 11.4. The van der Waals surface area contributed by atoms with Crippen LogP contribution in [0, 0.1) is 0 Å². The molecule has 1 aromatic heterocycles. The molecule has 7 nitrogen and oxygen atoms in total. The Morgan fingerprint density at radius 1 is 1.35 bits per heavy atom. The lowest BCUT2D eigenvalue weighted by atomic mass is 10.3. The monoisotopic (exact) mass is 240 g/mol. The first-order valence-electron chi connectivity index (χ1n) is 4.91. The molecule has 0 saturated carbocycles. The molecule has 0 saturated heterocycles. The lowest BCUT2D eigenvalue weighted by Gasteiger charge is -2.02. The van der Waals surface area contributed by atoms with E-state index in [0.29, 0.717) is 6.54 Å². The smallest absolute Gasteiger partial charge is 0.338 e. The molecule has 0 atom stereocenters. The van der Waals surface area contributed by atoms with Crippen LogP contribution in [-0.2, 0) is 4.79 Å². The maximum absolute atomic E-state index is 11.4. The molecule has 3 N–H and O–H groups in total. The second kappa shape index (κ2) is 5.69. The van der Waals surface area contributed by atoms with Gasteiger partial charge >= 0.3 is 5.97 Å². The quantitative estimate of drug-likeness (QED) is 0.662. The summed E-state index contributed by atoms with van der Waals surface area (Å²) in [5.41, 5.74) is -0.117. The first kappa shape index (κ1) is 12.8. The van der Waals surface area contributed by atoms with Crippen LogP contribution in [-0.4, -0.2) is 36.0 Å². The van der Waals surface area contributed by atoms with Gasteiger partial charge in [-0.25, -0.2) is 4.79 Å². The Hall–Kier alpha value is -2.31. The molecule has 0 bridgehead atoms. The van der Waals surface area contributed by atoms with Crippen molar-refractivity contribution in [2.45, 2.75) is 6.92 Å². The van der Waals surface area contributed by atoms with E-state index >= 15 is 0 Å². The van der Waals surface area contributed by atoms with Gasteiger partial charge in [0.25, 0.3) is 5.91 Å². The Labute approximate surface area is 96.8 Å². The van der Waals surface area contributed by atoms with Gasteiger partial charge in [-0.05, 0) is 6.92 Å². The normalized spacial score (nSPS) is 9.71. The maximum Gasteiger partial charge on any atom is 0.338 e. The highest BCUT2D eigenvalue weighted by atomic mass is 16.4. The van der Waals surface area contributed by atoms with E-state index in [9.17, 15) is 14.4 Å². The molecule has 0 aliphatic heterocycles. The molecule has 0 aliphatic rings. The summed E-state index contributed by atoms with van der Waals surface area (Å²) >= 11 is 0. The molecule has 1 rings (SSSR count). The molecule has 0 radical (unpaired) electrons. The summed E-state index contributed by atoms with van der Waals surface area (Å²) in [4.78, 5) is 33.0. The zero-order valence-corrected chi connectivity index (χ0v) is 9.15. The van der Waals surface area contributed by atoms with E-state index < -0.39 is 11.9 Å². The van der Waals surface area contributed by atoms with Gasteiger partial charge in [0.05, 0.1) is 12.1 Å². The average Bonchev–Trinajstić information content (AvgIpc) is 2.75. The number of rotatable bonds is 5. The molecule has 92 valence electrons. The molecular formula is C10H12N2O5. The van der Waals surface area contributed by atoms with Crippen molar-refractivity contribution in [1.29, 1.82) is 0 Å². The Kier molecular flexibility index (Phi) is 4.27. The molecule has 1 heterocycles. The number of nitrogens with one attached hydrogen (secondary N) is 2. The SMILES string of the molecule is CCNC(=O)CNC(=O)c1cc(C(=O)O)co1. The Morgan fingerprint density at radius 3 is 2.59 bits per heavy atom. The molecule has 0 aliphatic carbocycles. The minimum atomic E-state index is -1.18. The zero-order chi connectivity index (χ0) is 12.8. The van der Waals surface area contributed by atoms with E-state index in [-0.39, 0.29) is 23.8 Å². The predicted molar refractivity (Wildman–Crippen MR) is 56.7 cm³/mol. The second-order valence-corrected chi connectivity index (χ2v) is 3.14. The largest absolute Gasteiger partial charge is 0.478 e. The van der Waals surface area contributed by atoms with Crippen LogP contribution in [0.2, 0.25) is 0 Å². The van der Waals surface area contributed by atoms with Gasteiger partial charge in [-0.2, -0.15) is 0 Å². The second-order valence-electron chi connectivity index (χ2n) is 3.14. The van der Waals surface area contributed by atoms with Crippen LogP contribution >= 0.6 is 0 Å². The van der Waals surface area contributed by atoms with E-state index in [0.717, 1.165) is 12.3 Å². The number of aromatic carboxylic acids is 1. The number of amides is 2. The lowest BCUT2D eigenvalue weighted by molar-refractivity contribution is -0.120. The van der Waals surface area contributed by atoms with Crippen molar-refractivity contribution in [1.82, 2.24) is 10.6 Å². The van der Waals surface area contributed by atoms with Crippen molar-refractivity contribution in [3.05, 3.63) is 23.7 Å². The van der Waals surface area contributed by atoms with E-state index in [1.165, 1.54) is 0 Å². The third-order valence-electron chi connectivity index (χ3n) is 1.85. The Balaban J connectivity index is 2.52. The van der Waals surface area contributed by atoms with Crippen molar-refractivity contribution >= 4 is 17.8 Å². The van der Waals surface area contributed by atoms with Crippen LogP contribution in [0.4, 0.5) is 0 Å². The van der Waals surface area contributed by atoms with Gasteiger partial charge in [-0.1, -0.05) is 0 Å². The number of carbonyl (C=O) groups excluding carboxylic acids is 2. The summed E-state index contributed by atoms with van der Waals surface area (Å²) < 4.78 is 4.76. The van der Waals surface area contributed by atoms with Crippen molar-refractivity contribution in [2.75, 3.05) is 13.1 Å². The first-order chi connectivity index (χ1) is 8.04. The topological polar surface area (TPSA) is 109 Å². The Bertz CT molecular complexity index is 438. The Morgan fingerprint density at radius 2 is 2.06 bits per heavy atom. The number of hydrogen-bond acceptors (Lipinski definition) is 4. The molecule has 0 unspecified atom stereocenters. The van der Waals surface area contributed by atoms with Gasteiger partial charge in [0.2, 0.25) is 5.91 Å². The van der Waals surface area contributed by atoms with E-state index in [4.69, 9.17) is 9.52 Å². The molecule has 0 fully saturated rings. The summed E-state index contributed by atoms with van der Waals surface area (Å²) in [5, 5.41) is 13.4. The van der Waals surface area contributed by atoms with Crippen LogP contribution in [0.5, 0.6) is 0 Å². The summed E-state index contributed by atoms with van der Waals surface area (Å²) in [6, 6.07) is 1.09. The number of carbonyl (C=O) groups is 3. The first-order valence-corrected chi connectivity index (χ1v) is 4.91. The van der Waals surface area contributed by atoms with Gasteiger partial charge in [-0.3, -0.25) is 9.59 Å². The molecule has 2 amide bonds. The molecule has 0 spiro atoms. The van der Waals surface area contributed by atoms with Crippen LogP contribution in [0.15, 0.2) is 16.7 Å². The van der Waals surface area contributed by atoms with Crippen molar-refractivity contribution in [3.63, 3.8) is 0 Å². The zero-order valence-electron chi connectivity index (χ0n) is 9.15. The number of carboxylic acid groups (broad SMARTS) is 1. The molecule has 0 aromatic carbocycles. The molecule has 17 heavy (non-hydrogen) atoms. The highest BCUT2D eigenvalue weighted by Crippen LogP contribution is 2.07. The van der Waals surface area contributed by atoms with Gasteiger partial charge in [-0.15, -0.1) is 0 Å². The van der Waals surface area contributed by atoms with Gasteiger partial charge in [0.15, 0.2) is 5.76 Å². The third-order valence-corrected chi connectivity index (χ3v) is 1.85. The highest BCUT2D eigenvalue weighted by molar-refractivity contribution is 5.97. The fourth-order valence-corrected chi connectivity index (χ4v) is 1.07.